The lowest BCUT2D eigenvalue weighted by molar-refractivity contribution is 0.100. The first kappa shape index (κ1) is 13.9. The van der Waals surface area contributed by atoms with Crippen molar-refractivity contribution in [3.63, 3.8) is 0 Å². The molecule has 0 bridgehead atoms. The summed E-state index contributed by atoms with van der Waals surface area (Å²) in [7, 11) is 0. The third kappa shape index (κ3) is 3.09. The van der Waals surface area contributed by atoms with Gasteiger partial charge in [-0.05, 0) is 38.1 Å². The lowest BCUT2D eigenvalue weighted by Crippen LogP contribution is -2.14. The summed E-state index contributed by atoms with van der Waals surface area (Å²) in [5.74, 6) is -1.49. The van der Waals surface area contributed by atoms with E-state index in [-0.39, 0.29) is 16.9 Å². The maximum Gasteiger partial charge on any atom is 0.258 e. The number of anilines is 1. The lowest BCUT2D eigenvalue weighted by Gasteiger charge is -2.07. The van der Waals surface area contributed by atoms with Crippen LogP contribution >= 0.6 is 0 Å². The molecule has 3 nitrogen and oxygen atoms in total. The Hall–Kier alpha value is -2.49. The van der Waals surface area contributed by atoms with E-state index in [9.17, 15) is 14.0 Å². The van der Waals surface area contributed by atoms with Crippen LogP contribution in [0.4, 0.5) is 10.1 Å². The molecule has 1 N–H and O–H groups in total. The Kier molecular flexibility index (Phi) is 3.94. The first-order valence-corrected chi connectivity index (χ1v) is 6.16. The third-order valence-electron chi connectivity index (χ3n) is 2.93. The van der Waals surface area contributed by atoms with Gasteiger partial charge in [-0.25, -0.2) is 4.39 Å². The van der Waals surface area contributed by atoms with Gasteiger partial charge >= 0.3 is 0 Å². The minimum Gasteiger partial charge on any atom is -0.322 e. The van der Waals surface area contributed by atoms with Crippen LogP contribution in [0.1, 0.15) is 33.2 Å². The molecule has 20 heavy (non-hydrogen) atoms. The number of hydrogen-bond acceptors (Lipinski definition) is 2. The maximum absolute atomic E-state index is 13.8. The molecular formula is C16H14FNO2. The molecule has 0 aliphatic rings. The van der Waals surface area contributed by atoms with Crippen molar-refractivity contribution in [3.05, 3.63) is 65.0 Å². The van der Waals surface area contributed by atoms with Crippen LogP contribution in [0.3, 0.4) is 0 Å². The highest BCUT2D eigenvalue weighted by atomic mass is 19.1. The summed E-state index contributed by atoms with van der Waals surface area (Å²) in [5, 5.41) is 2.61. The Balaban J connectivity index is 2.21. The molecular weight excluding hydrogens is 257 g/mol. The van der Waals surface area contributed by atoms with Crippen molar-refractivity contribution in [3.8, 4) is 0 Å². The van der Waals surface area contributed by atoms with Crippen LogP contribution < -0.4 is 5.32 Å². The number of rotatable bonds is 3. The minimum absolute atomic E-state index is 0.0874. The van der Waals surface area contributed by atoms with Crippen LogP contribution in [-0.4, -0.2) is 11.7 Å². The van der Waals surface area contributed by atoms with Gasteiger partial charge in [-0.1, -0.05) is 23.8 Å². The van der Waals surface area contributed by atoms with Crippen molar-refractivity contribution >= 4 is 17.4 Å². The zero-order valence-electron chi connectivity index (χ0n) is 11.2. The molecule has 0 aliphatic carbocycles. The summed E-state index contributed by atoms with van der Waals surface area (Å²) in [6.45, 7) is 3.28. The van der Waals surface area contributed by atoms with Crippen molar-refractivity contribution in [1.29, 1.82) is 0 Å². The van der Waals surface area contributed by atoms with Crippen LogP contribution in [-0.2, 0) is 0 Å². The number of nitrogens with one attached hydrogen (secondary N) is 1. The number of hydrogen-bond donors (Lipinski definition) is 1. The first-order chi connectivity index (χ1) is 9.47. The van der Waals surface area contributed by atoms with E-state index in [2.05, 4.69) is 5.32 Å². The number of ketones is 1. The van der Waals surface area contributed by atoms with Crippen molar-refractivity contribution in [1.82, 2.24) is 0 Å². The minimum atomic E-state index is -0.706. The Morgan fingerprint density at radius 1 is 1.05 bits per heavy atom. The summed E-state index contributed by atoms with van der Waals surface area (Å²) in [5.41, 5.74) is 1.82. The predicted molar refractivity (Wildman–Crippen MR) is 75.5 cm³/mol. The summed E-state index contributed by atoms with van der Waals surface area (Å²) in [6.07, 6.45) is 0. The van der Waals surface area contributed by atoms with Gasteiger partial charge in [-0.15, -0.1) is 0 Å². The number of Topliss-reactive ketones (excluding diaryl/α,β-unsaturated/α-hetero) is 1. The molecule has 0 unspecified atom stereocenters. The third-order valence-corrected chi connectivity index (χ3v) is 2.93. The highest BCUT2D eigenvalue weighted by Gasteiger charge is 2.13. The summed E-state index contributed by atoms with van der Waals surface area (Å²) >= 11 is 0. The Labute approximate surface area is 116 Å². The first-order valence-electron chi connectivity index (χ1n) is 6.16. The smallest absolute Gasteiger partial charge is 0.258 e. The second-order valence-corrected chi connectivity index (χ2v) is 4.57. The van der Waals surface area contributed by atoms with E-state index < -0.39 is 11.7 Å². The summed E-state index contributed by atoms with van der Waals surface area (Å²) in [4.78, 5) is 23.1. The molecule has 0 spiro atoms. The fraction of sp³-hybridized carbons (Fsp3) is 0.125. The molecule has 0 saturated heterocycles. The molecule has 0 aromatic heterocycles. The number of carbonyl (C=O) groups is 2. The standard InChI is InChI=1S/C16H14FNO2/c1-10-3-6-13(7-4-10)18-16(20)14-8-5-12(11(2)19)9-15(14)17/h3-9H,1-2H3,(H,18,20). The fourth-order valence-electron chi connectivity index (χ4n) is 1.75. The van der Waals surface area contributed by atoms with Crippen molar-refractivity contribution in [2.24, 2.45) is 0 Å². The van der Waals surface area contributed by atoms with Gasteiger partial charge in [0, 0.05) is 11.3 Å². The molecule has 0 radical (unpaired) electrons. The van der Waals surface area contributed by atoms with E-state index in [4.69, 9.17) is 0 Å². The van der Waals surface area contributed by atoms with Gasteiger partial charge in [0.05, 0.1) is 5.56 Å². The fourth-order valence-corrected chi connectivity index (χ4v) is 1.75. The topological polar surface area (TPSA) is 46.2 Å². The molecule has 102 valence electrons. The monoisotopic (exact) mass is 271 g/mol. The Bertz CT molecular complexity index is 663. The van der Waals surface area contributed by atoms with Gasteiger partial charge in [0.15, 0.2) is 5.78 Å². The van der Waals surface area contributed by atoms with Crippen LogP contribution in [0, 0.1) is 12.7 Å². The SMILES string of the molecule is CC(=O)c1ccc(C(=O)Nc2ccc(C)cc2)c(F)c1. The van der Waals surface area contributed by atoms with Crippen molar-refractivity contribution in [2.45, 2.75) is 13.8 Å². The molecule has 0 fully saturated rings. The lowest BCUT2D eigenvalue weighted by atomic mass is 10.1. The average Bonchev–Trinajstić information content (AvgIpc) is 2.41. The summed E-state index contributed by atoms with van der Waals surface area (Å²) < 4.78 is 13.8. The molecule has 2 aromatic carbocycles. The van der Waals surface area contributed by atoms with E-state index >= 15 is 0 Å². The van der Waals surface area contributed by atoms with Crippen LogP contribution in [0.5, 0.6) is 0 Å². The molecule has 0 heterocycles. The van der Waals surface area contributed by atoms with E-state index in [1.807, 2.05) is 19.1 Å². The van der Waals surface area contributed by atoms with Gasteiger partial charge in [-0.2, -0.15) is 0 Å². The van der Waals surface area contributed by atoms with E-state index in [1.165, 1.54) is 19.1 Å². The number of amides is 1. The van der Waals surface area contributed by atoms with Gasteiger partial charge in [0.25, 0.3) is 5.91 Å². The molecule has 2 rings (SSSR count). The molecule has 1 amide bonds. The Morgan fingerprint density at radius 2 is 1.70 bits per heavy atom. The van der Waals surface area contributed by atoms with Gasteiger partial charge in [0.1, 0.15) is 5.82 Å². The second-order valence-electron chi connectivity index (χ2n) is 4.57. The number of halogens is 1. The zero-order chi connectivity index (χ0) is 14.7. The zero-order valence-corrected chi connectivity index (χ0v) is 11.2. The van der Waals surface area contributed by atoms with Gasteiger partial charge in [0.2, 0.25) is 0 Å². The van der Waals surface area contributed by atoms with Gasteiger partial charge < -0.3 is 5.32 Å². The highest BCUT2D eigenvalue weighted by molar-refractivity contribution is 6.05. The molecule has 0 atom stereocenters. The normalized spacial score (nSPS) is 10.2. The highest BCUT2D eigenvalue weighted by Crippen LogP contribution is 2.15. The number of carbonyl (C=O) groups excluding carboxylic acids is 2. The molecule has 0 saturated carbocycles. The largest absolute Gasteiger partial charge is 0.322 e. The summed E-state index contributed by atoms with van der Waals surface area (Å²) in [6, 6.07) is 11.0. The maximum atomic E-state index is 13.8. The van der Waals surface area contributed by atoms with Crippen LogP contribution in [0.2, 0.25) is 0 Å². The quantitative estimate of drug-likeness (QED) is 0.867. The Morgan fingerprint density at radius 3 is 2.25 bits per heavy atom. The van der Waals surface area contributed by atoms with Gasteiger partial charge in [-0.3, -0.25) is 9.59 Å². The molecule has 4 heteroatoms. The van der Waals surface area contributed by atoms with Crippen molar-refractivity contribution < 1.29 is 14.0 Å². The van der Waals surface area contributed by atoms with E-state index in [0.29, 0.717) is 5.69 Å². The molecule has 0 aliphatic heterocycles. The molecule has 2 aromatic rings. The van der Waals surface area contributed by atoms with Crippen molar-refractivity contribution in [2.75, 3.05) is 5.32 Å². The van der Waals surface area contributed by atoms with Crippen LogP contribution in [0.15, 0.2) is 42.5 Å². The number of aryl methyl sites for hydroxylation is 1. The van der Waals surface area contributed by atoms with E-state index in [1.54, 1.807) is 12.1 Å². The average molecular weight is 271 g/mol. The predicted octanol–water partition coefficient (Wildman–Crippen LogP) is 3.59. The van der Waals surface area contributed by atoms with Crippen LogP contribution in [0.25, 0.3) is 0 Å². The van der Waals surface area contributed by atoms with E-state index in [0.717, 1.165) is 11.6 Å². The number of benzene rings is 2. The second kappa shape index (κ2) is 5.65.